The number of ether oxygens (including phenoxy) is 1. The molecule has 156 valence electrons. The SMILES string of the molecule is Cc1ncn(-c2cc(Oc3ccc(NC(=O)Cc4ccc(F)cc4)cc3)ncn2)c1C. The first kappa shape index (κ1) is 20.2. The van der Waals surface area contributed by atoms with Crippen molar-refractivity contribution in [2.75, 3.05) is 5.32 Å². The van der Waals surface area contributed by atoms with E-state index >= 15 is 0 Å². The van der Waals surface area contributed by atoms with Crippen LogP contribution in [0.2, 0.25) is 0 Å². The van der Waals surface area contributed by atoms with E-state index in [0.717, 1.165) is 17.0 Å². The van der Waals surface area contributed by atoms with E-state index in [-0.39, 0.29) is 18.1 Å². The summed E-state index contributed by atoms with van der Waals surface area (Å²) in [4.78, 5) is 24.9. The molecule has 0 aliphatic heterocycles. The van der Waals surface area contributed by atoms with Gasteiger partial charge in [-0.1, -0.05) is 12.1 Å². The van der Waals surface area contributed by atoms with Gasteiger partial charge in [-0.25, -0.2) is 19.3 Å². The summed E-state index contributed by atoms with van der Waals surface area (Å²) in [6, 6.07) is 14.5. The zero-order valence-electron chi connectivity index (χ0n) is 17.0. The fourth-order valence-corrected chi connectivity index (χ4v) is 2.97. The summed E-state index contributed by atoms with van der Waals surface area (Å²) in [6.07, 6.45) is 3.30. The van der Waals surface area contributed by atoms with Crippen molar-refractivity contribution in [3.8, 4) is 17.4 Å². The van der Waals surface area contributed by atoms with Crippen LogP contribution < -0.4 is 10.1 Å². The highest BCUT2D eigenvalue weighted by atomic mass is 19.1. The fourth-order valence-electron chi connectivity index (χ4n) is 2.97. The van der Waals surface area contributed by atoms with E-state index in [2.05, 4.69) is 20.3 Å². The van der Waals surface area contributed by atoms with Crippen molar-refractivity contribution in [3.63, 3.8) is 0 Å². The smallest absolute Gasteiger partial charge is 0.228 e. The van der Waals surface area contributed by atoms with Gasteiger partial charge in [0.15, 0.2) is 0 Å². The van der Waals surface area contributed by atoms with Crippen molar-refractivity contribution in [2.45, 2.75) is 20.3 Å². The Balaban J connectivity index is 1.39. The van der Waals surface area contributed by atoms with E-state index < -0.39 is 0 Å². The number of nitrogens with zero attached hydrogens (tertiary/aromatic N) is 4. The van der Waals surface area contributed by atoms with Crippen LogP contribution >= 0.6 is 0 Å². The molecule has 4 rings (SSSR count). The highest BCUT2D eigenvalue weighted by molar-refractivity contribution is 5.92. The molecular formula is C23H20FN5O2. The molecule has 0 saturated heterocycles. The molecule has 2 aromatic carbocycles. The molecule has 2 aromatic heterocycles. The van der Waals surface area contributed by atoms with Crippen LogP contribution in [0.5, 0.6) is 11.6 Å². The number of halogens is 1. The Morgan fingerprint density at radius 2 is 1.77 bits per heavy atom. The van der Waals surface area contributed by atoms with Gasteiger partial charge in [0, 0.05) is 17.4 Å². The lowest BCUT2D eigenvalue weighted by molar-refractivity contribution is -0.115. The van der Waals surface area contributed by atoms with Crippen LogP contribution in [-0.4, -0.2) is 25.4 Å². The first-order valence-electron chi connectivity index (χ1n) is 9.63. The average Bonchev–Trinajstić information content (AvgIpc) is 3.10. The third-order valence-corrected chi connectivity index (χ3v) is 4.76. The van der Waals surface area contributed by atoms with Crippen LogP contribution in [-0.2, 0) is 11.2 Å². The number of benzene rings is 2. The molecule has 2 heterocycles. The highest BCUT2D eigenvalue weighted by Crippen LogP contribution is 2.23. The molecule has 0 atom stereocenters. The van der Waals surface area contributed by atoms with Crippen LogP contribution in [0, 0.1) is 19.7 Å². The number of aromatic nitrogens is 4. The summed E-state index contributed by atoms with van der Waals surface area (Å²) in [6.45, 7) is 3.90. The van der Waals surface area contributed by atoms with Crippen LogP contribution in [0.15, 0.2) is 67.3 Å². The fraction of sp³-hybridized carbons (Fsp3) is 0.130. The van der Waals surface area contributed by atoms with Crippen LogP contribution in [0.25, 0.3) is 5.82 Å². The molecule has 8 heteroatoms. The summed E-state index contributed by atoms with van der Waals surface area (Å²) in [5, 5.41) is 2.81. The lowest BCUT2D eigenvalue weighted by Gasteiger charge is -2.09. The zero-order valence-corrected chi connectivity index (χ0v) is 17.0. The van der Waals surface area contributed by atoms with Crippen molar-refractivity contribution in [3.05, 3.63) is 90.0 Å². The topological polar surface area (TPSA) is 81.9 Å². The quantitative estimate of drug-likeness (QED) is 0.503. The van der Waals surface area contributed by atoms with Crippen LogP contribution in [0.1, 0.15) is 17.0 Å². The Labute approximate surface area is 178 Å². The molecule has 0 radical (unpaired) electrons. The molecule has 0 fully saturated rings. The summed E-state index contributed by atoms with van der Waals surface area (Å²) in [5.74, 6) is 1.11. The van der Waals surface area contributed by atoms with E-state index in [9.17, 15) is 9.18 Å². The van der Waals surface area contributed by atoms with Crippen LogP contribution in [0.4, 0.5) is 10.1 Å². The number of imidazole rings is 1. The number of nitrogens with one attached hydrogen (secondary N) is 1. The normalized spacial score (nSPS) is 10.7. The molecule has 0 aliphatic rings. The Morgan fingerprint density at radius 3 is 2.45 bits per heavy atom. The Bertz CT molecular complexity index is 1200. The van der Waals surface area contributed by atoms with E-state index in [4.69, 9.17) is 4.74 Å². The number of rotatable bonds is 6. The molecule has 1 N–H and O–H groups in total. The van der Waals surface area contributed by atoms with E-state index in [1.54, 1.807) is 48.8 Å². The number of carbonyl (C=O) groups excluding carboxylic acids is 1. The van der Waals surface area contributed by atoms with Crippen molar-refractivity contribution < 1.29 is 13.9 Å². The van der Waals surface area contributed by atoms with Crippen molar-refractivity contribution in [1.82, 2.24) is 19.5 Å². The van der Waals surface area contributed by atoms with Crippen molar-refractivity contribution in [2.24, 2.45) is 0 Å². The maximum atomic E-state index is 13.0. The predicted octanol–water partition coefficient (Wildman–Crippen LogP) is 4.39. The lowest BCUT2D eigenvalue weighted by atomic mass is 10.1. The third kappa shape index (κ3) is 4.92. The number of anilines is 1. The standard InChI is InChI=1S/C23H20FN5O2/c1-15-16(2)29(14-27-15)21-12-23(26-13-25-21)31-20-9-7-19(8-10-20)28-22(30)11-17-3-5-18(24)6-4-17/h3-10,12-14H,11H2,1-2H3,(H,28,30). The summed E-state index contributed by atoms with van der Waals surface area (Å²) < 4.78 is 20.7. The van der Waals surface area contributed by atoms with Crippen LogP contribution in [0.3, 0.4) is 0 Å². The molecule has 0 spiro atoms. The average molecular weight is 417 g/mol. The molecule has 31 heavy (non-hydrogen) atoms. The molecule has 0 saturated carbocycles. The second-order valence-corrected chi connectivity index (χ2v) is 6.98. The molecule has 0 aliphatic carbocycles. The van der Waals surface area contributed by atoms with E-state index in [1.807, 2.05) is 18.4 Å². The third-order valence-electron chi connectivity index (χ3n) is 4.76. The van der Waals surface area contributed by atoms with Gasteiger partial charge in [-0.3, -0.25) is 9.36 Å². The van der Waals surface area contributed by atoms with Gasteiger partial charge in [-0.05, 0) is 55.8 Å². The van der Waals surface area contributed by atoms with Gasteiger partial charge in [0.1, 0.15) is 30.0 Å². The lowest BCUT2D eigenvalue weighted by Crippen LogP contribution is -2.14. The monoisotopic (exact) mass is 417 g/mol. The van der Waals surface area contributed by atoms with Gasteiger partial charge in [-0.2, -0.15) is 0 Å². The van der Waals surface area contributed by atoms with Gasteiger partial charge >= 0.3 is 0 Å². The summed E-state index contributed by atoms with van der Waals surface area (Å²) in [7, 11) is 0. The second kappa shape index (κ2) is 8.74. The second-order valence-electron chi connectivity index (χ2n) is 6.98. The number of carbonyl (C=O) groups is 1. The number of hydrogen-bond acceptors (Lipinski definition) is 5. The minimum absolute atomic E-state index is 0.162. The van der Waals surface area contributed by atoms with Crippen molar-refractivity contribution in [1.29, 1.82) is 0 Å². The molecule has 0 unspecified atom stereocenters. The number of hydrogen-bond donors (Lipinski definition) is 1. The molecule has 1 amide bonds. The van der Waals surface area contributed by atoms with Gasteiger partial charge in [0.2, 0.25) is 11.8 Å². The number of aryl methyl sites for hydroxylation is 1. The summed E-state index contributed by atoms with van der Waals surface area (Å²) in [5.41, 5.74) is 3.29. The minimum Gasteiger partial charge on any atom is -0.439 e. The van der Waals surface area contributed by atoms with Gasteiger partial charge < -0.3 is 10.1 Å². The molecule has 0 bridgehead atoms. The maximum absolute atomic E-state index is 13.0. The number of amides is 1. The highest BCUT2D eigenvalue weighted by Gasteiger charge is 2.09. The Hall–Kier alpha value is -4.07. The van der Waals surface area contributed by atoms with Gasteiger partial charge in [0.25, 0.3) is 0 Å². The Kier molecular flexibility index (Phi) is 5.70. The molecule has 7 nitrogen and oxygen atoms in total. The molecule has 4 aromatic rings. The van der Waals surface area contributed by atoms with Crippen molar-refractivity contribution >= 4 is 11.6 Å². The largest absolute Gasteiger partial charge is 0.439 e. The first-order valence-corrected chi connectivity index (χ1v) is 9.63. The zero-order chi connectivity index (χ0) is 21.8. The summed E-state index contributed by atoms with van der Waals surface area (Å²) >= 11 is 0. The molecular weight excluding hydrogens is 397 g/mol. The minimum atomic E-state index is -0.328. The Morgan fingerprint density at radius 1 is 1.03 bits per heavy atom. The van der Waals surface area contributed by atoms with E-state index in [0.29, 0.717) is 23.1 Å². The van der Waals surface area contributed by atoms with Gasteiger partial charge in [-0.15, -0.1) is 0 Å². The maximum Gasteiger partial charge on any atom is 0.228 e. The predicted molar refractivity (Wildman–Crippen MR) is 114 cm³/mol. The first-order chi connectivity index (χ1) is 15.0. The van der Waals surface area contributed by atoms with Gasteiger partial charge in [0.05, 0.1) is 12.1 Å². The van der Waals surface area contributed by atoms with E-state index in [1.165, 1.54) is 18.5 Å².